The summed E-state index contributed by atoms with van der Waals surface area (Å²) >= 11 is 6.32. The van der Waals surface area contributed by atoms with Gasteiger partial charge in [0, 0.05) is 24.5 Å². The van der Waals surface area contributed by atoms with Crippen LogP contribution in [0.2, 0.25) is 5.02 Å². The monoisotopic (exact) mass is 645 g/mol. The van der Waals surface area contributed by atoms with E-state index in [1.165, 1.54) is 17.0 Å². The molecule has 0 heterocycles. The van der Waals surface area contributed by atoms with Gasteiger partial charge in [0.2, 0.25) is 11.8 Å². The summed E-state index contributed by atoms with van der Waals surface area (Å²) in [6, 6.07) is 29.2. The summed E-state index contributed by atoms with van der Waals surface area (Å²) in [4.78, 5) is 29.9. The molecule has 2 amide bonds. The predicted molar refractivity (Wildman–Crippen MR) is 181 cm³/mol. The van der Waals surface area contributed by atoms with Gasteiger partial charge in [-0.15, -0.1) is 0 Å². The maximum Gasteiger partial charge on any atom is 0.264 e. The van der Waals surface area contributed by atoms with Crippen LogP contribution in [-0.2, 0) is 32.6 Å². The zero-order chi connectivity index (χ0) is 32.6. The van der Waals surface area contributed by atoms with Crippen molar-refractivity contribution in [3.05, 3.63) is 130 Å². The van der Waals surface area contributed by atoms with Crippen molar-refractivity contribution in [2.45, 2.75) is 51.6 Å². The third-order valence-corrected chi connectivity index (χ3v) is 9.33. The molecular formula is C36H40ClN3O4S. The molecule has 0 aliphatic carbocycles. The highest BCUT2D eigenvalue weighted by Crippen LogP contribution is 2.27. The van der Waals surface area contributed by atoms with E-state index in [0.29, 0.717) is 17.3 Å². The Hall–Kier alpha value is -4.14. The van der Waals surface area contributed by atoms with Crippen molar-refractivity contribution in [3.63, 3.8) is 0 Å². The Balaban J connectivity index is 1.82. The third-order valence-electron chi connectivity index (χ3n) is 7.30. The first-order valence-electron chi connectivity index (χ1n) is 15.0. The second-order valence-electron chi connectivity index (χ2n) is 11.7. The highest BCUT2D eigenvalue weighted by Gasteiger charge is 2.34. The van der Waals surface area contributed by atoms with E-state index in [2.05, 4.69) is 5.32 Å². The molecule has 0 aromatic heterocycles. The predicted octanol–water partition coefficient (Wildman–Crippen LogP) is 6.56. The molecule has 4 aromatic carbocycles. The summed E-state index contributed by atoms with van der Waals surface area (Å²) in [6.45, 7) is 7.73. The fraction of sp³-hybridized carbons (Fsp3) is 0.278. The van der Waals surface area contributed by atoms with Gasteiger partial charge in [0.1, 0.15) is 12.6 Å². The number of nitrogens with one attached hydrogen (secondary N) is 1. The molecule has 0 spiro atoms. The van der Waals surface area contributed by atoms with Gasteiger partial charge in [0.15, 0.2) is 0 Å². The summed E-state index contributed by atoms with van der Waals surface area (Å²) in [6.07, 6.45) is 0.242. The Morgan fingerprint density at radius 2 is 1.40 bits per heavy atom. The number of anilines is 1. The first-order chi connectivity index (χ1) is 21.4. The van der Waals surface area contributed by atoms with Crippen molar-refractivity contribution < 1.29 is 18.0 Å². The molecule has 4 rings (SSSR count). The Labute approximate surface area is 271 Å². The molecule has 0 radical (unpaired) electrons. The van der Waals surface area contributed by atoms with Gasteiger partial charge < -0.3 is 10.2 Å². The molecular weight excluding hydrogens is 606 g/mol. The van der Waals surface area contributed by atoms with Crippen LogP contribution in [-0.4, -0.2) is 44.3 Å². The molecule has 0 aliphatic heterocycles. The van der Waals surface area contributed by atoms with E-state index in [4.69, 9.17) is 11.6 Å². The lowest BCUT2D eigenvalue weighted by Gasteiger charge is -2.34. The van der Waals surface area contributed by atoms with Gasteiger partial charge in [-0.25, -0.2) is 8.42 Å². The van der Waals surface area contributed by atoms with Gasteiger partial charge >= 0.3 is 0 Å². The van der Waals surface area contributed by atoms with Crippen molar-refractivity contribution >= 4 is 39.1 Å². The molecule has 0 bridgehead atoms. The number of sulfonamides is 1. The van der Waals surface area contributed by atoms with E-state index in [1.807, 2.05) is 70.2 Å². The number of hydrogen-bond acceptors (Lipinski definition) is 4. The van der Waals surface area contributed by atoms with Crippen molar-refractivity contribution in [3.8, 4) is 0 Å². The van der Waals surface area contributed by atoms with Crippen LogP contribution in [0.25, 0.3) is 0 Å². The van der Waals surface area contributed by atoms with E-state index in [-0.39, 0.29) is 29.7 Å². The molecule has 1 unspecified atom stereocenters. The Bertz CT molecular complexity index is 1690. The Morgan fingerprint density at radius 1 is 0.800 bits per heavy atom. The maximum atomic E-state index is 14.5. The number of carbonyl (C=O) groups excluding carboxylic acids is 2. The first-order valence-corrected chi connectivity index (χ1v) is 16.8. The number of benzene rings is 4. The third kappa shape index (κ3) is 9.19. The SMILES string of the molecule is Cc1cc(C)cc(N(CC(=O)N(Cc2cccc(Cl)c2)C(Cc2ccccc2)C(=O)NCC(C)C)S(=O)(=O)c2ccccc2)c1. The Morgan fingerprint density at radius 3 is 2.00 bits per heavy atom. The van der Waals surface area contributed by atoms with Crippen molar-refractivity contribution in [2.75, 3.05) is 17.4 Å². The fourth-order valence-corrected chi connectivity index (χ4v) is 6.78. The van der Waals surface area contributed by atoms with Crippen LogP contribution in [0.1, 0.15) is 36.1 Å². The van der Waals surface area contributed by atoms with Gasteiger partial charge in [-0.1, -0.05) is 92.2 Å². The van der Waals surface area contributed by atoms with Crippen LogP contribution in [0.5, 0.6) is 0 Å². The second kappa shape index (κ2) is 15.2. The molecule has 236 valence electrons. The average Bonchev–Trinajstić information content (AvgIpc) is 3.00. The zero-order valence-electron chi connectivity index (χ0n) is 26.1. The van der Waals surface area contributed by atoms with Crippen molar-refractivity contribution in [1.29, 1.82) is 0 Å². The number of rotatable bonds is 13. The molecule has 0 aliphatic rings. The first kappa shape index (κ1) is 33.7. The lowest BCUT2D eigenvalue weighted by atomic mass is 10.0. The van der Waals surface area contributed by atoms with Gasteiger partial charge in [0.25, 0.3) is 10.0 Å². The minimum absolute atomic E-state index is 0.0536. The minimum Gasteiger partial charge on any atom is -0.354 e. The van der Waals surface area contributed by atoms with Gasteiger partial charge in [-0.2, -0.15) is 0 Å². The lowest BCUT2D eigenvalue weighted by molar-refractivity contribution is -0.140. The molecule has 1 atom stereocenters. The number of hydrogen-bond donors (Lipinski definition) is 1. The normalized spacial score (nSPS) is 12.0. The number of carbonyl (C=O) groups is 2. The van der Waals surface area contributed by atoms with Gasteiger partial charge in [-0.05, 0) is 78.4 Å². The highest BCUT2D eigenvalue weighted by atomic mass is 35.5. The summed E-state index contributed by atoms with van der Waals surface area (Å²) in [5.74, 6) is -0.638. The average molecular weight is 646 g/mol. The number of nitrogens with zero attached hydrogens (tertiary/aromatic N) is 2. The molecule has 9 heteroatoms. The van der Waals surface area contributed by atoms with Crippen molar-refractivity contribution in [2.24, 2.45) is 5.92 Å². The van der Waals surface area contributed by atoms with E-state index in [9.17, 15) is 18.0 Å². The summed E-state index contributed by atoms with van der Waals surface area (Å²) in [5.41, 5.74) is 3.67. The highest BCUT2D eigenvalue weighted by molar-refractivity contribution is 7.92. The van der Waals surface area contributed by atoms with Crippen LogP contribution in [0, 0.1) is 19.8 Å². The van der Waals surface area contributed by atoms with E-state index in [0.717, 1.165) is 26.6 Å². The summed E-state index contributed by atoms with van der Waals surface area (Å²) in [7, 11) is -4.16. The number of amides is 2. The van der Waals surface area contributed by atoms with Gasteiger partial charge in [-0.3, -0.25) is 13.9 Å². The largest absolute Gasteiger partial charge is 0.354 e. The van der Waals surface area contributed by atoms with Gasteiger partial charge in [0.05, 0.1) is 10.6 Å². The molecule has 0 saturated carbocycles. The van der Waals surface area contributed by atoms with Crippen LogP contribution >= 0.6 is 11.6 Å². The standard InChI is InChI=1S/C36H40ClN3O4S/c1-26(2)23-38-36(42)34(22-29-12-7-5-8-13-29)39(24-30-14-11-15-31(37)21-30)35(41)25-40(32-19-27(3)18-28(4)20-32)45(43,44)33-16-9-6-10-17-33/h5-21,26,34H,22-25H2,1-4H3,(H,38,42). The molecule has 0 saturated heterocycles. The smallest absolute Gasteiger partial charge is 0.264 e. The van der Waals surface area contributed by atoms with E-state index >= 15 is 0 Å². The van der Waals surface area contributed by atoms with E-state index < -0.39 is 28.5 Å². The molecule has 0 fully saturated rings. The second-order valence-corrected chi connectivity index (χ2v) is 14.0. The molecule has 4 aromatic rings. The Kier molecular flexibility index (Phi) is 11.4. The quantitative estimate of drug-likeness (QED) is 0.178. The minimum atomic E-state index is -4.16. The number of halogens is 1. The molecule has 7 nitrogen and oxygen atoms in total. The maximum absolute atomic E-state index is 14.5. The zero-order valence-corrected chi connectivity index (χ0v) is 27.7. The number of aryl methyl sites for hydroxylation is 2. The fourth-order valence-electron chi connectivity index (χ4n) is 5.15. The van der Waals surface area contributed by atoms with Crippen molar-refractivity contribution in [1.82, 2.24) is 10.2 Å². The van der Waals surface area contributed by atoms with Crippen LogP contribution in [0.15, 0.2) is 108 Å². The topological polar surface area (TPSA) is 86.8 Å². The molecule has 1 N–H and O–H groups in total. The van der Waals surface area contributed by atoms with Crippen LogP contribution in [0.3, 0.4) is 0 Å². The lowest BCUT2D eigenvalue weighted by Crippen LogP contribution is -2.53. The molecule has 45 heavy (non-hydrogen) atoms. The summed E-state index contributed by atoms with van der Waals surface area (Å²) in [5, 5.41) is 3.49. The van der Waals surface area contributed by atoms with E-state index in [1.54, 1.807) is 48.5 Å². The van der Waals surface area contributed by atoms with Crippen LogP contribution in [0.4, 0.5) is 5.69 Å². The summed E-state index contributed by atoms with van der Waals surface area (Å²) < 4.78 is 29.4. The van der Waals surface area contributed by atoms with Crippen LogP contribution < -0.4 is 9.62 Å².